The van der Waals surface area contributed by atoms with Crippen molar-refractivity contribution in [3.8, 4) is 0 Å². The van der Waals surface area contributed by atoms with Crippen LogP contribution in [0.25, 0.3) is 11.0 Å². The van der Waals surface area contributed by atoms with Crippen LogP contribution in [0.2, 0.25) is 5.02 Å². The molecular formula is C20H27ClN8O. The highest BCUT2D eigenvalue weighted by Crippen LogP contribution is 2.31. The quantitative estimate of drug-likeness (QED) is 0.324. The van der Waals surface area contributed by atoms with Crippen molar-refractivity contribution in [1.82, 2.24) is 25.2 Å². The van der Waals surface area contributed by atoms with Crippen molar-refractivity contribution in [3.05, 3.63) is 35.8 Å². The second-order valence-corrected chi connectivity index (χ2v) is 7.55. The standard InChI is InChI=1S/C20H27ClN8O/c1-4-16(30)29-11-13(7-6-12(29)3)25-19-17-15(21)10-24-18(17)27-20(28-19)26-14(8-22)9-23-5-2/h4,8-10,12-13,22-23H,1,5-7,11H2,2-3H3,(H3,24,25,26,27,28)/b14-9+,22-8?/t12-,13+/m0/s1. The molecule has 0 aliphatic carbocycles. The van der Waals surface area contributed by atoms with Crippen molar-refractivity contribution in [1.29, 1.82) is 5.41 Å². The van der Waals surface area contributed by atoms with Gasteiger partial charge in [0.15, 0.2) is 0 Å². The van der Waals surface area contributed by atoms with Crippen LogP contribution in [0.1, 0.15) is 26.7 Å². The molecule has 3 heterocycles. The van der Waals surface area contributed by atoms with E-state index >= 15 is 0 Å². The number of H-pyrrole nitrogens is 1. The first kappa shape index (κ1) is 21.6. The van der Waals surface area contributed by atoms with Gasteiger partial charge in [-0.2, -0.15) is 9.97 Å². The fraction of sp³-hybridized carbons (Fsp3) is 0.400. The monoisotopic (exact) mass is 430 g/mol. The van der Waals surface area contributed by atoms with E-state index in [4.69, 9.17) is 17.0 Å². The number of aromatic amines is 1. The maximum absolute atomic E-state index is 12.2. The number of rotatable bonds is 8. The molecule has 1 fully saturated rings. The van der Waals surface area contributed by atoms with Gasteiger partial charge in [-0.05, 0) is 32.8 Å². The first-order chi connectivity index (χ1) is 14.5. The van der Waals surface area contributed by atoms with Crippen LogP contribution >= 0.6 is 11.6 Å². The molecule has 30 heavy (non-hydrogen) atoms. The molecular weight excluding hydrogens is 404 g/mol. The Bertz CT molecular complexity index is 969. The lowest BCUT2D eigenvalue weighted by Gasteiger charge is -2.38. The summed E-state index contributed by atoms with van der Waals surface area (Å²) in [6.45, 7) is 8.90. The Morgan fingerprint density at radius 3 is 2.97 bits per heavy atom. The SMILES string of the molecule is C=CC(=O)N1C[C@H](Nc2nc(N/C(C=N)=C/NCC)nc3[nH]cc(Cl)c23)CC[C@@H]1C. The third kappa shape index (κ3) is 4.73. The van der Waals surface area contributed by atoms with Crippen molar-refractivity contribution in [2.45, 2.75) is 38.8 Å². The normalized spacial score (nSPS) is 19.4. The van der Waals surface area contributed by atoms with Crippen LogP contribution in [0.5, 0.6) is 0 Å². The zero-order valence-corrected chi connectivity index (χ0v) is 17.9. The van der Waals surface area contributed by atoms with Crippen molar-refractivity contribution >= 4 is 46.5 Å². The number of allylic oxidation sites excluding steroid dienone is 1. The lowest BCUT2D eigenvalue weighted by Crippen LogP contribution is -2.49. The largest absolute Gasteiger partial charge is 0.389 e. The summed E-state index contributed by atoms with van der Waals surface area (Å²) in [5.41, 5.74) is 1.10. The highest BCUT2D eigenvalue weighted by molar-refractivity contribution is 6.36. The highest BCUT2D eigenvalue weighted by atomic mass is 35.5. The van der Waals surface area contributed by atoms with Gasteiger partial charge >= 0.3 is 0 Å². The molecule has 2 aromatic heterocycles. The average Bonchev–Trinajstić information content (AvgIpc) is 3.12. The van der Waals surface area contributed by atoms with E-state index in [9.17, 15) is 4.79 Å². The van der Waals surface area contributed by atoms with E-state index in [2.05, 4.69) is 37.5 Å². The summed E-state index contributed by atoms with van der Waals surface area (Å²) in [4.78, 5) is 26.1. The number of hydrogen-bond donors (Lipinski definition) is 5. The Kier molecular flexibility index (Phi) is 6.94. The van der Waals surface area contributed by atoms with Gasteiger partial charge in [-0.15, -0.1) is 0 Å². The number of halogens is 1. The van der Waals surface area contributed by atoms with Crippen LogP contribution in [-0.4, -0.2) is 57.1 Å². The van der Waals surface area contributed by atoms with Crippen LogP contribution in [0.4, 0.5) is 11.8 Å². The minimum Gasteiger partial charge on any atom is -0.389 e. The summed E-state index contributed by atoms with van der Waals surface area (Å²) in [6, 6.07) is 0.180. The van der Waals surface area contributed by atoms with E-state index in [-0.39, 0.29) is 18.0 Å². The van der Waals surface area contributed by atoms with E-state index in [0.717, 1.165) is 19.4 Å². The van der Waals surface area contributed by atoms with Crippen molar-refractivity contribution < 1.29 is 4.79 Å². The molecule has 1 aliphatic rings. The molecule has 9 nitrogen and oxygen atoms in total. The fourth-order valence-corrected chi connectivity index (χ4v) is 3.69. The first-order valence-electron chi connectivity index (χ1n) is 9.92. The minimum atomic E-state index is -0.0759. The number of nitrogens with zero attached hydrogens (tertiary/aromatic N) is 3. The topological polar surface area (TPSA) is 122 Å². The molecule has 10 heteroatoms. The van der Waals surface area contributed by atoms with Gasteiger partial charge in [0.25, 0.3) is 0 Å². The van der Waals surface area contributed by atoms with Gasteiger partial charge in [0, 0.05) is 43.8 Å². The molecule has 0 bridgehead atoms. The summed E-state index contributed by atoms with van der Waals surface area (Å²) in [7, 11) is 0. The molecule has 3 rings (SSSR count). The van der Waals surface area contributed by atoms with E-state index in [1.165, 1.54) is 12.3 Å². The number of anilines is 2. The molecule has 1 amide bonds. The summed E-state index contributed by atoms with van der Waals surface area (Å²) in [6.07, 6.45) is 7.66. The third-order valence-corrected chi connectivity index (χ3v) is 5.34. The molecule has 0 radical (unpaired) electrons. The predicted octanol–water partition coefficient (Wildman–Crippen LogP) is 3.10. The van der Waals surface area contributed by atoms with Crippen molar-refractivity contribution in [2.24, 2.45) is 0 Å². The lowest BCUT2D eigenvalue weighted by molar-refractivity contribution is -0.129. The Morgan fingerprint density at radius 1 is 1.47 bits per heavy atom. The molecule has 2 aromatic rings. The smallest absolute Gasteiger partial charge is 0.246 e. The van der Waals surface area contributed by atoms with Crippen LogP contribution < -0.4 is 16.0 Å². The second-order valence-electron chi connectivity index (χ2n) is 7.15. The number of likely N-dealkylation sites (tertiary alicyclic amines) is 1. The third-order valence-electron chi connectivity index (χ3n) is 5.04. The van der Waals surface area contributed by atoms with Gasteiger partial charge in [-0.25, -0.2) is 0 Å². The number of aromatic nitrogens is 3. The molecule has 0 spiro atoms. The van der Waals surface area contributed by atoms with Gasteiger partial charge in [-0.3, -0.25) is 4.79 Å². The van der Waals surface area contributed by atoms with Crippen molar-refractivity contribution in [2.75, 3.05) is 23.7 Å². The van der Waals surface area contributed by atoms with Gasteiger partial charge in [0.2, 0.25) is 11.9 Å². The fourth-order valence-electron chi connectivity index (χ4n) is 3.45. The molecule has 1 saturated heterocycles. The second kappa shape index (κ2) is 9.62. The van der Waals surface area contributed by atoms with Crippen LogP contribution in [0.3, 0.4) is 0 Å². The average molecular weight is 431 g/mol. The number of piperidine rings is 1. The van der Waals surface area contributed by atoms with Crippen molar-refractivity contribution in [3.63, 3.8) is 0 Å². The maximum atomic E-state index is 12.2. The number of carbonyl (C=O) groups excluding carboxylic acids is 1. The molecule has 2 atom stereocenters. The summed E-state index contributed by atoms with van der Waals surface area (Å²) in [5, 5.41) is 18.3. The number of hydrogen-bond acceptors (Lipinski definition) is 7. The van der Waals surface area contributed by atoms with Gasteiger partial charge in [0.1, 0.15) is 11.5 Å². The van der Waals surface area contributed by atoms with Crippen LogP contribution in [0, 0.1) is 5.41 Å². The minimum absolute atomic E-state index is 0.0153. The Labute approximate surface area is 180 Å². The Morgan fingerprint density at radius 2 is 2.27 bits per heavy atom. The summed E-state index contributed by atoms with van der Waals surface area (Å²) < 4.78 is 0. The van der Waals surface area contributed by atoms with E-state index in [0.29, 0.717) is 40.1 Å². The molecule has 0 unspecified atom stereocenters. The summed E-state index contributed by atoms with van der Waals surface area (Å²) >= 11 is 6.37. The molecule has 160 valence electrons. The molecule has 0 saturated carbocycles. The lowest BCUT2D eigenvalue weighted by atomic mass is 9.99. The maximum Gasteiger partial charge on any atom is 0.246 e. The zero-order valence-electron chi connectivity index (χ0n) is 17.1. The van der Waals surface area contributed by atoms with Gasteiger partial charge in [-0.1, -0.05) is 18.2 Å². The Hall–Kier alpha value is -3.07. The van der Waals surface area contributed by atoms with Crippen LogP contribution in [0.15, 0.2) is 30.7 Å². The molecule has 1 aliphatic heterocycles. The molecule has 0 aromatic carbocycles. The number of carbonyl (C=O) groups is 1. The first-order valence-corrected chi connectivity index (χ1v) is 10.3. The number of fused-ring (bicyclic) bond motifs is 1. The zero-order chi connectivity index (χ0) is 21.7. The van der Waals surface area contributed by atoms with Crippen LogP contribution in [-0.2, 0) is 4.79 Å². The summed E-state index contributed by atoms with van der Waals surface area (Å²) in [5.74, 6) is 0.833. The molecule has 5 N–H and O–H groups in total. The van der Waals surface area contributed by atoms with E-state index < -0.39 is 0 Å². The highest BCUT2D eigenvalue weighted by Gasteiger charge is 2.28. The number of amides is 1. The Balaban J connectivity index is 1.88. The van der Waals surface area contributed by atoms with Gasteiger partial charge in [0.05, 0.1) is 16.1 Å². The van der Waals surface area contributed by atoms with E-state index in [1.807, 2.05) is 18.7 Å². The van der Waals surface area contributed by atoms with Gasteiger partial charge < -0.3 is 31.2 Å². The predicted molar refractivity (Wildman–Crippen MR) is 121 cm³/mol. The number of nitrogens with one attached hydrogen (secondary N) is 5. The van der Waals surface area contributed by atoms with E-state index in [1.54, 1.807) is 12.4 Å².